The summed E-state index contributed by atoms with van der Waals surface area (Å²) in [7, 11) is 0. The van der Waals surface area contributed by atoms with Crippen LogP contribution in [0.3, 0.4) is 0 Å². The summed E-state index contributed by atoms with van der Waals surface area (Å²) in [6.07, 6.45) is 9.63. The molecular weight excluding hydrogens is 292 g/mol. The summed E-state index contributed by atoms with van der Waals surface area (Å²) in [6, 6.07) is 10.9. The van der Waals surface area contributed by atoms with Gasteiger partial charge in [-0.1, -0.05) is 81.8 Å². The van der Waals surface area contributed by atoms with Crippen LogP contribution in [0.2, 0.25) is 0 Å². The molecule has 0 saturated heterocycles. The predicted octanol–water partition coefficient (Wildman–Crippen LogP) is 5.51. The lowest BCUT2D eigenvalue weighted by atomic mass is 9.95. The average molecular weight is 327 g/mol. The van der Waals surface area contributed by atoms with E-state index >= 15 is 0 Å². The van der Waals surface area contributed by atoms with Crippen LogP contribution in [0, 0.1) is 5.92 Å². The summed E-state index contributed by atoms with van der Waals surface area (Å²) < 4.78 is 0. The summed E-state index contributed by atoms with van der Waals surface area (Å²) in [4.78, 5) is 0. The van der Waals surface area contributed by atoms with Crippen molar-refractivity contribution < 1.29 is 0 Å². The molecule has 0 bridgehead atoms. The van der Waals surface area contributed by atoms with E-state index in [4.69, 9.17) is 5.73 Å². The van der Waals surface area contributed by atoms with Crippen molar-refractivity contribution in [2.45, 2.75) is 52.0 Å². The maximum absolute atomic E-state index is 5.58. The highest BCUT2D eigenvalue weighted by atomic mass is 14.9. The van der Waals surface area contributed by atoms with Crippen LogP contribution in [0.25, 0.3) is 0 Å². The predicted molar refractivity (Wildman–Crippen MR) is 107 cm³/mol. The van der Waals surface area contributed by atoms with Crippen LogP contribution in [0.1, 0.15) is 57.6 Å². The van der Waals surface area contributed by atoms with Gasteiger partial charge in [-0.25, -0.2) is 0 Å². The molecule has 1 rings (SSSR count). The number of allylic oxidation sites excluding steroid dienone is 2. The molecule has 132 valence electrons. The fourth-order valence-electron chi connectivity index (χ4n) is 2.94. The molecule has 0 radical (unpaired) electrons. The van der Waals surface area contributed by atoms with Gasteiger partial charge < -0.3 is 11.1 Å². The van der Waals surface area contributed by atoms with Gasteiger partial charge in [-0.2, -0.15) is 0 Å². The molecule has 0 fully saturated rings. The van der Waals surface area contributed by atoms with Crippen LogP contribution in [-0.2, 0) is 0 Å². The Hall–Kier alpha value is -1.80. The van der Waals surface area contributed by atoms with Crippen molar-refractivity contribution in [1.29, 1.82) is 0 Å². The number of benzene rings is 1. The highest BCUT2D eigenvalue weighted by Gasteiger charge is 2.14. The zero-order valence-electron chi connectivity index (χ0n) is 15.4. The van der Waals surface area contributed by atoms with Gasteiger partial charge >= 0.3 is 0 Å². The molecular formula is C22H34N2. The van der Waals surface area contributed by atoms with Crippen molar-refractivity contribution in [3.63, 3.8) is 0 Å². The second-order valence-electron chi connectivity index (χ2n) is 6.48. The lowest BCUT2D eigenvalue weighted by Crippen LogP contribution is -2.25. The fraction of sp³-hybridized carbons (Fsp3) is 0.455. The first-order valence-electron chi connectivity index (χ1n) is 9.15. The van der Waals surface area contributed by atoms with Crippen molar-refractivity contribution in [2.75, 3.05) is 6.54 Å². The van der Waals surface area contributed by atoms with Crippen LogP contribution >= 0.6 is 0 Å². The number of nitrogens with one attached hydrogen (secondary N) is 1. The van der Waals surface area contributed by atoms with Gasteiger partial charge in [0.2, 0.25) is 0 Å². The summed E-state index contributed by atoms with van der Waals surface area (Å²) in [5.74, 6) is 0.670. The van der Waals surface area contributed by atoms with E-state index < -0.39 is 0 Å². The second kappa shape index (κ2) is 11.7. The molecule has 1 aromatic rings. The first-order chi connectivity index (χ1) is 11.6. The molecule has 2 heteroatoms. The zero-order valence-corrected chi connectivity index (χ0v) is 15.4. The van der Waals surface area contributed by atoms with Gasteiger partial charge in [-0.3, -0.25) is 0 Å². The van der Waals surface area contributed by atoms with Gasteiger partial charge in [0.25, 0.3) is 0 Å². The van der Waals surface area contributed by atoms with Crippen molar-refractivity contribution in [2.24, 2.45) is 11.7 Å². The molecule has 1 aromatic carbocycles. The van der Waals surface area contributed by atoms with E-state index in [9.17, 15) is 0 Å². The number of nitrogens with two attached hydrogens (primary N) is 1. The molecule has 2 unspecified atom stereocenters. The van der Waals surface area contributed by atoms with Crippen molar-refractivity contribution >= 4 is 0 Å². The van der Waals surface area contributed by atoms with Crippen molar-refractivity contribution in [3.8, 4) is 0 Å². The third-order valence-corrected chi connectivity index (χ3v) is 4.39. The van der Waals surface area contributed by atoms with Gasteiger partial charge in [0.1, 0.15) is 0 Å². The Morgan fingerprint density at radius 2 is 1.92 bits per heavy atom. The third kappa shape index (κ3) is 7.65. The van der Waals surface area contributed by atoms with E-state index in [1.165, 1.54) is 17.6 Å². The molecule has 3 N–H and O–H groups in total. The van der Waals surface area contributed by atoms with Gasteiger partial charge in [-0.15, -0.1) is 0 Å². The number of hydrogen-bond acceptors (Lipinski definition) is 2. The van der Waals surface area contributed by atoms with E-state index in [1.54, 1.807) is 0 Å². The molecule has 0 amide bonds. The van der Waals surface area contributed by atoms with Crippen LogP contribution in [0.15, 0.2) is 66.9 Å². The molecule has 0 aromatic heterocycles. The Balaban J connectivity index is 2.58. The van der Waals surface area contributed by atoms with Gasteiger partial charge in [0.05, 0.1) is 6.04 Å². The minimum Gasteiger partial charge on any atom is -0.399 e. The Kier molecular flexibility index (Phi) is 9.86. The molecule has 0 saturated carbocycles. The zero-order chi connectivity index (χ0) is 17.8. The quantitative estimate of drug-likeness (QED) is 0.393. The molecule has 24 heavy (non-hydrogen) atoms. The van der Waals surface area contributed by atoms with E-state index in [-0.39, 0.29) is 6.04 Å². The average Bonchev–Trinajstić information content (AvgIpc) is 2.57. The molecule has 0 aliphatic heterocycles. The Labute approximate surface area is 148 Å². The standard InChI is InChI=1S/C22H34N2/c1-5-11-18(3)22(21-14-8-7-9-15-21)24-17-16-20(6-2)13-10-12-19(4)23/h7-10,12,14-15,20,22,24H,3-6,11,13,16-17,23H2,1-2H3/b12-10-. The third-order valence-electron chi connectivity index (χ3n) is 4.39. The van der Waals surface area contributed by atoms with E-state index in [1.807, 2.05) is 6.08 Å². The maximum atomic E-state index is 5.58. The van der Waals surface area contributed by atoms with Crippen LogP contribution < -0.4 is 11.1 Å². The number of hydrogen-bond donors (Lipinski definition) is 2. The SMILES string of the molecule is C=C(N)/C=C\CC(CC)CCNC(C(=C)CCC)c1ccccc1. The summed E-state index contributed by atoms with van der Waals surface area (Å²) >= 11 is 0. The maximum Gasteiger partial charge on any atom is 0.0533 e. The van der Waals surface area contributed by atoms with E-state index in [2.05, 4.69) is 68.7 Å². The molecule has 0 aliphatic carbocycles. The Bertz CT molecular complexity index is 516. The minimum absolute atomic E-state index is 0.253. The van der Waals surface area contributed by atoms with Crippen LogP contribution in [-0.4, -0.2) is 6.54 Å². The van der Waals surface area contributed by atoms with Gasteiger partial charge in [-0.05, 0) is 43.4 Å². The smallest absolute Gasteiger partial charge is 0.0533 e. The minimum atomic E-state index is 0.253. The highest BCUT2D eigenvalue weighted by Crippen LogP contribution is 2.24. The lowest BCUT2D eigenvalue weighted by Gasteiger charge is -2.23. The molecule has 0 spiro atoms. The first kappa shape index (κ1) is 20.2. The van der Waals surface area contributed by atoms with E-state index in [0.717, 1.165) is 32.2 Å². The normalized spacial score (nSPS) is 13.8. The largest absolute Gasteiger partial charge is 0.399 e. The second-order valence-corrected chi connectivity index (χ2v) is 6.48. The molecule has 0 aliphatic rings. The number of rotatable bonds is 12. The molecule has 0 heterocycles. The fourth-order valence-corrected chi connectivity index (χ4v) is 2.94. The van der Waals surface area contributed by atoms with E-state index in [0.29, 0.717) is 11.6 Å². The van der Waals surface area contributed by atoms with Crippen molar-refractivity contribution in [3.05, 3.63) is 72.5 Å². The van der Waals surface area contributed by atoms with Crippen LogP contribution in [0.5, 0.6) is 0 Å². The summed E-state index contributed by atoms with van der Waals surface area (Å²) in [5.41, 5.74) is 8.79. The first-order valence-corrected chi connectivity index (χ1v) is 9.15. The Morgan fingerprint density at radius 3 is 2.50 bits per heavy atom. The lowest BCUT2D eigenvalue weighted by molar-refractivity contribution is 0.440. The molecule has 2 nitrogen and oxygen atoms in total. The topological polar surface area (TPSA) is 38.0 Å². The highest BCUT2D eigenvalue weighted by molar-refractivity contribution is 5.26. The molecule has 2 atom stereocenters. The summed E-state index contributed by atoms with van der Waals surface area (Å²) in [6.45, 7) is 13.5. The van der Waals surface area contributed by atoms with Crippen LogP contribution in [0.4, 0.5) is 0 Å². The summed E-state index contributed by atoms with van der Waals surface area (Å²) in [5, 5.41) is 3.72. The van der Waals surface area contributed by atoms with Gasteiger partial charge in [0.15, 0.2) is 0 Å². The van der Waals surface area contributed by atoms with Gasteiger partial charge in [0, 0.05) is 5.70 Å². The van der Waals surface area contributed by atoms with Crippen molar-refractivity contribution in [1.82, 2.24) is 5.32 Å². The monoisotopic (exact) mass is 326 g/mol. The Morgan fingerprint density at radius 1 is 1.21 bits per heavy atom.